The molecule has 50 heavy (non-hydrogen) atoms. The van der Waals surface area contributed by atoms with E-state index < -0.39 is 53.7 Å². The zero-order chi connectivity index (χ0) is 36.0. The number of aliphatic hydroxyl groups is 1. The Morgan fingerprint density at radius 3 is 2.38 bits per heavy atom. The van der Waals surface area contributed by atoms with Crippen LogP contribution in [0.25, 0.3) is 0 Å². The van der Waals surface area contributed by atoms with Crippen LogP contribution in [0.15, 0.2) is 86.0 Å². The van der Waals surface area contributed by atoms with Crippen molar-refractivity contribution >= 4 is 23.7 Å². The Labute approximate surface area is 295 Å². The summed E-state index contributed by atoms with van der Waals surface area (Å²) >= 11 is 0. The van der Waals surface area contributed by atoms with Crippen molar-refractivity contribution in [2.24, 2.45) is 17.8 Å². The molecule has 2 aromatic rings. The van der Waals surface area contributed by atoms with E-state index in [9.17, 15) is 24.3 Å². The van der Waals surface area contributed by atoms with Crippen molar-refractivity contribution in [3.8, 4) is 0 Å². The number of ether oxygens (including phenoxy) is 2. The lowest BCUT2D eigenvalue weighted by Gasteiger charge is -2.39. The van der Waals surface area contributed by atoms with Crippen LogP contribution in [0.1, 0.15) is 70.1 Å². The van der Waals surface area contributed by atoms with E-state index in [1.165, 1.54) is 4.90 Å². The van der Waals surface area contributed by atoms with Crippen LogP contribution in [0.2, 0.25) is 0 Å². The summed E-state index contributed by atoms with van der Waals surface area (Å²) in [6, 6.07) is 16.5. The van der Waals surface area contributed by atoms with Crippen molar-refractivity contribution in [3.63, 3.8) is 0 Å². The first-order chi connectivity index (χ1) is 24.1. The van der Waals surface area contributed by atoms with Crippen molar-refractivity contribution in [2.45, 2.75) is 95.4 Å². The molecule has 0 unspecified atom stereocenters. The average Bonchev–Trinajstić information content (AvgIpc) is 3.76. The third-order valence-electron chi connectivity index (χ3n) is 10.3. The second-order valence-electron chi connectivity index (χ2n) is 14.2. The molecule has 2 N–H and O–H groups in total. The molecule has 3 fully saturated rings. The monoisotopic (exact) mass is 685 g/mol. The number of allylic oxidation sites excluding steroid dienone is 1. The molecule has 0 aliphatic carbocycles. The molecule has 3 heterocycles. The predicted octanol–water partition coefficient (Wildman–Crippen LogP) is 4.74. The number of esters is 1. The number of aliphatic hydroxyl groups excluding tert-OH is 1. The smallest absolute Gasteiger partial charge is 0.313 e. The molecule has 8 atom stereocenters. The predicted molar refractivity (Wildman–Crippen MR) is 189 cm³/mol. The van der Waals surface area contributed by atoms with E-state index in [0.29, 0.717) is 37.8 Å². The Morgan fingerprint density at radius 1 is 1.08 bits per heavy atom. The lowest BCUT2D eigenvalue weighted by atomic mass is 9.70. The van der Waals surface area contributed by atoms with Gasteiger partial charge in [-0.3, -0.25) is 19.2 Å². The number of carbonyl (C=O) groups is 4. The summed E-state index contributed by atoms with van der Waals surface area (Å²) in [5, 5.41) is 13.6. The highest BCUT2D eigenvalue weighted by atomic mass is 16.6. The minimum atomic E-state index is -1.27. The summed E-state index contributed by atoms with van der Waals surface area (Å²) in [5.74, 6) is -3.31. The standard InChI is InChI=1S/C40H51N3O7/c1-6-8-19-32(45)41-27(5)35(29-17-13-10-14-18-29)49-39(48)33-31-20-21-40(50-31)34(33)37(46)43(30(25-44)23-26(3)4)36(40)38(47)42(22-7-2)24-28-15-11-9-12-16-28/h6-7,9-18,26-27,30-31,33-36,44H,1-2,8,19-25H2,3-5H3,(H,41,45)/t27-,30-,31+,33-,34-,35-,36+,40-/m1/s1. The number of carbonyl (C=O) groups excluding carboxylic acids is 4. The van der Waals surface area contributed by atoms with E-state index >= 15 is 0 Å². The molecule has 0 aromatic heterocycles. The van der Waals surface area contributed by atoms with Gasteiger partial charge >= 0.3 is 5.97 Å². The zero-order valence-corrected chi connectivity index (χ0v) is 29.4. The molecule has 10 nitrogen and oxygen atoms in total. The first-order valence-electron chi connectivity index (χ1n) is 17.8. The highest BCUT2D eigenvalue weighted by Gasteiger charge is 2.75. The third kappa shape index (κ3) is 7.42. The summed E-state index contributed by atoms with van der Waals surface area (Å²) in [4.78, 5) is 59.8. The number of hydrogen-bond donors (Lipinski definition) is 2. The van der Waals surface area contributed by atoms with E-state index in [-0.39, 0.29) is 43.2 Å². The Bertz CT molecular complexity index is 1530. The van der Waals surface area contributed by atoms with Crippen LogP contribution in [-0.4, -0.2) is 81.6 Å². The molecule has 3 aliphatic heterocycles. The quantitative estimate of drug-likeness (QED) is 0.182. The first kappa shape index (κ1) is 37.0. The maximum absolute atomic E-state index is 14.8. The van der Waals surface area contributed by atoms with Gasteiger partial charge in [0.1, 0.15) is 17.7 Å². The van der Waals surface area contributed by atoms with Gasteiger partial charge < -0.3 is 29.7 Å². The van der Waals surface area contributed by atoms with Crippen molar-refractivity contribution in [1.82, 2.24) is 15.1 Å². The fraction of sp³-hybridized carbons (Fsp3) is 0.500. The van der Waals surface area contributed by atoms with Gasteiger partial charge in [0.25, 0.3) is 0 Å². The highest BCUT2D eigenvalue weighted by molar-refractivity contribution is 5.98. The van der Waals surface area contributed by atoms with Crippen LogP contribution in [0.5, 0.6) is 0 Å². The molecule has 2 bridgehead atoms. The van der Waals surface area contributed by atoms with Gasteiger partial charge in [-0.05, 0) is 49.7 Å². The van der Waals surface area contributed by atoms with E-state index in [2.05, 4.69) is 18.5 Å². The van der Waals surface area contributed by atoms with Crippen molar-refractivity contribution in [2.75, 3.05) is 13.2 Å². The maximum atomic E-state index is 14.8. The lowest BCUT2D eigenvalue weighted by molar-refractivity contribution is -0.162. The van der Waals surface area contributed by atoms with Crippen molar-refractivity contribution < 1.29 is 33.8 Å². The van der Waals surface area contributed by atoms with Gasteiger partial charge in [0.2, 0.25) is 17.7 Å². The number of fused-ring (bicyclic) bond motifs is 1. The molecule has 2 aromatic carbocycles. The largest absolute Gasteiger partial charge is 0.455 e. The summed E-state index contributed by atoms with van der Waals surface area (Å²) in [7, 11) is 0. The molecule has 3 amide bonds. The molecular formula is C40H51N3O7. The number of hydrogen-bond acceptors (Lipinski definition) is 7. The number of rotatable bonds is 17. The minimum Gasteiger partial charge on any atom is -0.455 e. The van der Waals surface area contributed by atoms with E-state index in [1.54, 1.807) is 24.0 Å². The molecule has 0 radical (unpaired) electrons. The Balaban J connectivity index is 1.49. The van der Waals surface area contributed by atoms with Crippen molar-refractivity contribution in [1.29, 1.82) is 0 Å². The molecular weight excluding hydrogens is 634 g/mol. The van der Waals surface area contributed by atoms with Crippen LogP contribution < -0.4 is 5.32 Å². The zero-order valence-electron chi connectivity index (χ0n) is 29.4. The SMILES string of the molecule is C=CCCC(=O)N[C@H](C)[C@@H](OC(=O)[C@@H]1[C@@H]2CC[C@]3(O2)[C@H](C(=O)N(CC=C)Cc2ccccc2)N([C@@H](CO)CC(C)C)C(=O)[C@@H]13)c1ccccc1. The summed E-state index contributed by atoms with van der Waals surface area (Å²) in [6.07, 6.45) is 3.98. The number of nitrogens with zero attached hydrogens (tertiary/aromatic N) is 2. The maximum Gasteiger partial charge on any atom is 0.313 e. The van der Waals surface area contributed by atoms with Gasteiger partial charge in [0, 0.05) is 19.5 Å². The van der Waals surface area contributed by atoms with Gasteiger partial charge in [-0.1, -0.05) is 86.7 Å². The summed E-state index contributed by atoms with van der Waals surface area (Å²) in [6.45, 7) is 13.6. The second-order valence-corrected chi connectivity index (χ2v) is 14.2. The van der Waals surface area contributed by atoms with E-state index in [0.717, 1.165) is 5.56 Å². The minimum absolute atomic E-state index is 0.120. The molecule has 0 saturated carbocycles. The Kier molecular flexibility index (Phi) is 12.0. The summed E-state index contributed by atoms with van der Waals surface area (Å²) in [5.41, 5.74) is 0.349. The molecule has 3 aliphatic rings. The number of amides is 3. The fourth-order valence-electron chi connectivity index (χ4n) is 8.16. The highest BCUT2D eigenvalue weighted by Crippen LogP contribution is 2.59. The van der Waals surface area contributed by atoms with E-state index in [1.807, 2.05) is 74.5 Å². The topological polar surface area (TPSA) is 125 Å². The van der Waals surface area contributed by atoms with Crippen LogP contribution in [0.3, 0.4) is 0 Å². The molecule has 268 valence electrons. The van der Waals surface area contributed by atoms with Gasteiger partial charge in [-0.2, -0.15) is 0 Å². The number of benzene rings is 2. The van der Waals surface area contributed by atoms with Crippen LogP contribution >= 0.6 is 0 Å². The van der Waals surface area contributed by atoms with Crippen LogP contribution in [-0.2, 0) is 35.2 Å². The fourth-order valence-corrected chi connectivity index (χ4v) is 8.16. The number of likely N-dealkylation sites (tertiary alicyclic amines) is 1. The van der Waals surface area contributed by atoms with Crippen molar-refractivity contribution in [3.05, 3.63) is 97.1 Å². The molecule has 10 heteroatoms. The number of nitrogens with one attached hydrogen (secondary N) is 1. The normalized spacial score (nSPS) is 25.5. The third-order valence-corrected chi connectivity index (χ3v) is 10.3. The summed E-state index contributed by atoms with van der Waals surface area (Å²) < 4.78 is 12.9. The van der Waals surface area contributed by atoms with Crippen LogP contribution in [0.4, 0.5) is 0 Å². The molecule has 5 rings (SSSR count). The van der Waals surface area contributed by atoms with Gasteiger partial charge in [-0.15, -0.1) is 13.2 Å². The average molecular weight is 686 g/mol. The Morgan fingerprint density at radius 2 is 1.76 bits per heavy atom. The molecule has 1 spiro atoms. The van der Waals surface area contributed by atoms with Gasteiger partial charge in [0.15, 0.2) is 0 Å². The van der Waals surface area contributed by atoms with Gasteiger partial charge in [0.05, 0.1) is 36.6 Å². The van der Waals surface area contributed by atoms with E-state index in [4.69, 9.17) is 9.47 Å². The molecule has 3 saturated heterocycles. The van der Waals surface area contributed by atoms with Gasteiger partial charge in [-0.25, -0.2) is 0 Å². The lowest BCUT2D eigenvalue weighted by Crippen LogP contribution is -2.58. The Hall–Kier alpha value is -4.28. The second kappa shape index (κ2) is 16.2. The first-order valence-corrected chi connectivity index (χ1v) is 17.8. The van der Waals surface area contributed by atoms with Crippen LogP contribution in [0, 0.1) is 17.8 Å².